The molecule has 14 heavy (non-hydrogen) atoms. The maximum Gasteiger partial charge on any atom is 0.151 e. The zero-order valence-electron chi connectivity index (χ0n) is 8.50. The molecule has 0 amide bonds. The maximum atomic E-state index is 11.3. The van der Waals surface area contributed by atoms with Crippen LogP contribution in [0.25, 0.3) is 0 Å². The van der Waals surface area contributed by atoms with Gasteiger partial charge in [0.25, 0.3) is 0 Å². The van der Waals surface area contributed by atoms with Gasteiger partial charge in [-0.15, -0.1) is 11.6 Å². The summed E-state index contributed by atoms with van der Waals surface area (Å²) in [6.45, 7) is 2.45. The van der Waals surface area contributed by atoms with Gasteiger partial charge in [0.15, 0.2) is 9.84 Å². The Kier molecular flexibility index (Phi) is 4.67. The first-order valence-corrected chi connectivity index (χ1v) is 7.37. The van der Waals surface area contributed by atoms with Crippen LogP contribution in [0.2, 0.25) is 0 Å². The lowest BCUT2D eigenvalue weighted by atomic mass is 9.92. The van der Waals surface area contributed by atoms with Gasteiger partial charge in [-0.1, -0.05) is 6.92 Å². The van der Waals surface area contributed by atoms with Crippen LogP contribution in [0.3, 0.4) is 0 Å². The minimum absolute atomic E-state index is 0.254. The summed E-state index contributed by atoms with van der Waals surface area (Å²) in [5.41, 5.74) is 0. The first-order valence-electron chi connectivity index (χ1n) is 5.11. The van der Waals surface area contributed by atoms with Crippen molar-refractivity contribution in [2.45, 2.75) is 37.6 Å². The molecule has 1 rings (SSSR count). The molecule has 84 valence electrons. The van der Waals surface area contributed by atoms with E-state index >= 15 is 0 Å². The number of alkyl halides is 1. The van der Waals surface area contributed by atoms with Crippen molar-refractivity contribution in [1.82, 2.24) is 5.32 Å². The summed E-state index contributed by atoms with van der Waals surface area (Å²) >= 11 is 5.80. The maximum absolute atomic E-state index is 11.3. The molecule has 0 radical (unpaired) electrons. The van der Waals surface area contributed by atoms with Gasteiger partial charge in [0, 0.05) is 23.7 Å². The highest BCUT2D eigenvalue weighted by atomic mass is 35.5. The van der Waals surface area contributed by atoms with E-state index in [9.17, 15) is 8.42 Å². The summed E-state index contributed by atoms with van der Waals surface area (Å²) in [4.78, 5) is 0. The lowest BCUT2D eigenvalue weighted by Gasteiger charge is -2.31. The fourth-order valence-corrected chi connectivity index (χ4v) is 3.23. The van der Waals surface area contributed by atoms with Gasteiger partial charge >= 0.3 is 0 Å². The topological polar surface area (TPSA) is 46.2 Å². The second kappa shape index (κ2) is 5.33. The minimum Gasteiger partial charge on any atom is -0.313 e. The molecule has 0 heterocycles. The van der Waals surface area contributed by atoms with E-state index in [0.29, 0.717) is 30.1 Å². The zero-order chi connectivity index (χ0) is 10.6. The van der Waals surface area contributed by atoms with Crippen molar-refractivity contribution >= 4 is 21.4 Å². The Hall–Kier alpha value is 0.200. The van der Waals surface area contributed by atoms with E-state index in [2.05, 4.69) is 5.32 Å². The quantitative estimate of drug-likeness (QED) is 0.708. The van der Waals surface area contributed by atoms with Crippen LogP contribution in [0.1, 0.15) is 26.2 Å². The van der Waals surface area contributed by atoms with Gasteiger partial charge in [-0.05, 0) is 19.3 Å². The average Bonchev–Trinajstić information content (AvgIpc) is 2.00. The second-order valence-corrected chi connectivity index (χ2v) is 6.79. The Bertz CT molecular complexity index is 260. The first kappa shape index (κ1) is 12.3. The van der Waals surface area contributed by atoms with E-state index in [1.807, 2.05) is 6.92 Å². The van der Waals surface area contributed by atoms with Crippen molar-refractivity contribution in [2.75, 3.05) is 18.1 Å². The molecule has 0 spiro atoms. The Morgan fingerprint density at radius 2 is 2.00 bits per heavy atom. The molecule has 1 aliphatic carbocycles. The third kappa shape index (κ3) is 4.15. The highest BCUT2D eigenvalue weighted by Crippen LogP contribution is 2.24. The number of rotatable bonds is 6. The monoisotopic (exact) mass is 239 g/mol. The Morgan fingerprint density at radius 3 is 2.50 bits per heavy atom. The molecule has 0 aliphatic heterocycles. The largest absolute Gasteiger partial charge is 0.313 e. The molecule has 0 bridgehead atoms. The molecule has 0 aromatic heterocycles. The van der Waals surface area contributed by atoms with Crippen molar-refractivity contribution < 1.29 is 8.42 Å². The average molecular weight is 240 g/mol. The third-order valence-electron chi connectivity index (χ3n) is 2.44. The molecular formula is C9H18ClNO2S. The lowest BCUT2D eigenvalue weighted by Crippen LogP contribution is -2.43. The number of sulfone groups is 1. The van der Waals surface area contributed by atoms with Crippen LogP contribution in [0.5, 0.6) is 0 Å². The van der Waals surface area contributed by atoms with E-state index in [1.54, 1.807) is 0 Å². The fourth-order valence-electron chi connectivity index (χ4n) is 1.55. The van der Waals surface area contributed by atoms with Crippen LogP contribution < -0.4 is 5.32 Å². The highest BCUT2D eigenvalue weighted by Gasteiger charge is 2.26. The van der Waals surface area contributed by atoms with Crippen molar-refractivity contribution in [1.29, 1.82) is 0 Å². The van der Waals surface area contributed by atoms with Crippen molar-refractivity contribution in [3.05, 3.63) is 0 Å². The van der Waals surface area contributed by atoms with E-state index in [4.69, 9.17) is 11.6 Å². The zero-order valence-corrected chi connectivity index (χ0v) is 10.1. The molecule has 1 saturated carbocycles. The first-order chi connectivity index (χ1) is 6.53. The normalized spacial score (nSPS) is 27.3. The van der Waals surface area contributed by atoms with Crippen LogP contribution in [-0.4, -0.2) is 37.9 Å². The third-order valence-corrected chi connectivity index (χ3v) is 4.65. The molecule has 0 atom stereocenters. The van der Waals surface area contributed by atoms with Gasteiger partial charge < -0.3 is 5.32 Å². The molecule has 0 aromatic carbocycles. The van der Waals surface area contributed by atoms with Crippen LogP contribution in [0, 0.1) is 0 Å². The van der Waals surface area contributed by atoms with E-state index in [-0.39, 0.29) is 5.75 Å². The SMILES string of the molecule is CCCS(=O)(=O)CCNC1CC(Cl)C1. The van der Waals surface area contributed by atoms with E-state index in [1.165, 1.54) is 0 Å². The van der Waals surface area contributed by atoms with Crippen molar-refractivity contribution in [3.63, 3.8) is 0 Å². The second-order valence-electron chi connectivity index (χ2n) is 3.87. The molecule has 3 nitrogen and oxygen atoms in total. The van der Waals surface area contributed by atoms with Gasteiger partial charge in [-0.25, -0.2) is 8.42 Å². The standard InChI is InChI=1S/C9H18ClNO2S/c1-2-4-14(12,13)5-3-11-9-6-8(10)7-9/h8-9,11H,2-7H2,1H3. The molecule has 1 N–H and O–H groups in total. The lowest BCUT2D eigenvalue weighted by molar-refractivity contribution is 0.354. The summed E-state index contributed by atoms with van der Waals surface area (Å²) in [6.07, 6.45) is 2.64. The minimum atomic E-state index is -2.82. The summed E-state index contributed by atoms with van der Waals surface area (Å²) < 4.78 is 22.6. The molecule has 1 aliphatic rings. The number of halogens is 1. The summed E-state index contributed by atoms with van der Waals surface area (Å²) in [7, 11) is -2.82. The van der Waals surface area contributed by atoms with E-state index in [0.717, 1.165) is 12.8 Å². The summed E-state index contributed by atoms with van der Waals surface area (Å²) in [5, 5.41) is 3.49. The number of hydrogen-bond acceptors (Lipinski definition) is 3. The number of hydrogen-bond donors (Lipinski definition) is 1. The van der Waals surface area contributed by atoms with E-state index < -0.39 is 9.84 Å². The summed E-state index contributed by atoms with van der Waals surface area (Å²) in [5.74, 6) is 0.557. The van der Waals surface area contributed by atoms with Gasteiger partial charge in [0.05, 0.1) is 5.75 Å². The van der Waals surface area contributed by atoms with Gasteiger partial charge in [0.2, 0.25) is 0 Å². The van der Waals surface area contributed by atoms with Crippen LogP contribution in [0.4, 0.5) is 0 Å². The van der Waals surface area contributed by atoms with Crippen LogP contribution in [0.15, 0.2) is 0 Å². The van der Waals surface area contributed by atoms with Crippen molar-refractivity contribution in [2.24, 2.45) is 0 Å². The number of nitrogens with one attached hydrogen (secondary N) is 1. The molecular weight excluding hydrogens is 222 g/mol. The smallest absolute Gasteiger partial charge is 0.151 e. The molecule has 0 aromatic rings. The molecule has 5 heteroatoms. The van der Waals surface area contributed by atoms with Gasteiger partial charge in [0.1, 0.15) is 0 Å². The predicted molar refractivity (Wildman–Crippen MR) is 59.6 cm³/mol. The summed E-state index contributed by atoms with van der Waals surface area (Å²) in [6, 6.07) is 0.439. The highest BCUT2D eigenvalue weighted by molar-refractivity contribution is 7.91. The Balaban J connectivity index is 2.09. The molecule has 1 fully saturated rings. The van der Waals surface area contributed by atoms with Gasteiger partial charge in [-0.2, -0.15) is 0 Å². The van der Waals surface area contributed by atoms with Gasteiger partial charge in [-0.3, -0.25) is 0 Å². The Morgan fingerprint density at radius 1 is 1.36 bits per heavy atom. The molecule has 0 saturated heterocycles. The predicted octanol–water partition coefficient (Wildman–Crippen LogP) is 1.17. The van der Waals surface area contributed by atoms with Crippen LogP contribution in [-0.2, 0) is 9.84 Å². The fraction of sp³-hybridized carbons (Fsp3) is 1.00. The van der Waals surface area contributed by atoms with Crippen molar-refractivity contribution in [3.8, 4) is 0 Å². The Labute approximate surface area is 91.1 Å². The molecule has 0 unspecified atom stereocenters. The van der Waals surface area contributed by atoms with Crippen LogP contribution >= 0.6 is 11.6 Å².